The average Bonchev–Trinajstić information content (AvgIpc) is 2.55. The molecule has 1 aliphatic heterocycles. The van der Waals surface area contributed by atoms with E-state index in [-0.39, 0.29) is 11.0 Å². The number of nitrogens with two attached hydrogens (primary N) is 1. The monoisotopic (exact) mass is 336 g/mol. The molecule has 1 fully saturated rings. The number of nitrogens with zero attached hydrogens (tertiary/aromatic N) is 1. The molecule has 0 saturated carbocycles. The Morgan fingerprint density at radius 3 is 2.57 bits per heavy atom. The van der Waals surface area contributed by atoms with E-state index < -0.39 is 15.8 Å². The van der Waals surface area contributed by atoms with Crippen LogP contribution in [0.15, 0.2) is 53.4 Å². The smallest absolute Gasteiger partial charge is 0.238 e. The normalized spacial score (nSPS) is 18.9. The lowest BCUT2D eigenvalue weighted by molar-refractivity contribution is 0.0396. The molecule has 3 rings (SSSR count). The Labute approximate surface area is 134 Å². The van der Waals surface area contributed by atoms with Crippen LogP contribution in [0.25, 0.3) is 0 Å². The van der Waals surface area contributed by atoms with E-state index in [9.17, 15) is 12.8 Å². The molecule has 122 valence electrons. The van der Waals surface area contributed by atoms with Crippen molar-refractivity contribution in [3.05, 3.63) is 59.9 Å². The number of primary sulfonamides is 1. The highest BCUT2D eigenvalue weighted by atomic mass is 32.2. The van der Waals surface area contributed by atoms with Gasteiger partial charge in [0.05, 0.1) is 17.2 Å². The molecule has 1 atom stereocenters. The van der Waals surface area contributed by atoms with E-state index >= 15 is 0 Å². The predicted molar refractivity (Wildman–Crippen MR) is 85.1 cm³/mol. The van der Waals surface area contributed by atoms with E-state index in [2.05, 4.69) is 0 Å². The zero-order valence-electron chi connectivity index (χ0n) is 12.4. The Morgan fingerprint density at radius 2 is 1.91 bits per heavy atom. The highest BCUT2D eigenvalue weighted by Gasteiger charge is 2.24. The molecule has 0 aliphatic carbocycles. The molecule has 0 spiro atoms. The first-order chi connectivity index (χ1) is 10.9. The van der Waals surface area contributed by atoms with Crippen molar-refractivity contribution >= 4 is 15.7 Å². The number of ether oxygens (including phenoxy) is 1. The maximum Gasteiger partial charge on any atom is 0.238 e. The van der Waals surface area contributed by atoms with Crippen LogP contribution in [0, 0.1) is 5.82 Å². The largest absolute Gasteiger partial charge is 0.370 e. The third-order valence-electron chi connectivity index (χ3n) is 3.83. The molecule has 0 radical (unpaired) electrons. The highest BCUT2D eigenvalue weighted by molar-refractivity contribution is 7.89. The van der Waals surface area contributed by atoms with Crippen LogP contribution >= 0.6 is 0 Å². The van der Waals surface area contributed by atoms with E-state index in [4.69, 9.17) is 9.88 Å². The second-order valence-corrected chi connectivity index (χ2v) is 6.94. The molecule has 23 heavy (non-hydrogen) atoms. The molecule has 2 aromatic carbocycles. The molecule has 1 heterocycles. The van der Waals surface area contributed by atoms with E-state index in [1.165, 1.54) is 12.1 Å². The zero-order chi connectivity index (χ0) is 16.4. The fraction of sp³-hybridized carbons (Fsp3) is 0.250. The summed E-state index contributed by atoms with van der Waals surface area (Å²) >= 11 is 0. The number of anilines is 1. The van der Waals surface area contributed by atoms with Crippen molar-refractivity contribution in [2.45, 2.75) is 11.0 Å². The van der Waals surface area contributed by atoms with Crippen LogP contribution in [0.4, 0.5) is 10.1 Å². The summed E-state index contributed by atoms with van der Waals surface area (Å²) in [5, 5.41) is 5.02. The van der Waals surface area contributed by atoms with E-state index in [1.54, 1.807) is 0 Å². The second kappa shape index (κ2) is 6.27. The molecule has 0 aromatic heterocycles. The van der Waals surface area contributed by atoms with Gasteiger partial charge >= 0.3 is 0 Å². The van der Waals surface area contributed by atoms with Gasteiger partial charge in [0.1, 0.15) is 11.9 Å². The molecular formula is C16H17FN2O3S. The Bertz CT molecular complexity index is 796. The first-order valence-corrected chi connectivity index (χ1v) is 8.73. The number of hydrogen-bond donors (Lipinski definition) is 1. The minimum Gasteiger partial charge on any atom is -0.370 e. The van der Waals surface area contributed by atoms with Crippen molar-refractivity contribution in [2.24, 2.45) is 5.14 Å². The Hall–Kier alpha value is -1.96. The standard InChI is InChI=1S/C16H17FN2O3S/c17-14-10-13(23(18,20)21)6-7-15(14)19-8-9-22-16(11-19)12-4-2-1-3-5-12/h1-7,10,16H,8-9,11H2,(H2,18,20,21). The van der Waals surface area contributed by atoms with Gasteiger partial charge in [-0.2, -0.15) is 0 Å². The van der Waals surface area contributed by atoms with Gasteiger partial charge in [0.15, 0.2) is 0 Å². The van der Waals surface area contributed by atoms with Gasteiger partial charge < -0.3 is 9.64 Å². The quantitative estimate of drug-likeness (QED) is 0.931. The summed E-state index contributed by atoms with van der Waals surface area (Å²) in [4.78, 5) is 1.62. The van der Waals surface area contributed by atoms with Gasteiger partial charge in [-0.1, -0.05) is 30.3 Å². The van der Waals surface area contributed by atoms with Gasteiger partial charge in [0.25, 0.3) is 0 Å². The van der Waals surface area contributed by atoms with E-state index in [0.717, 1.165) is 11.6 Å². The Kier molecular flexibility index (Phi) is 4.34. The summed E-state index contributed by atoms with van der Waals surface area (Å²) in [6.07, 6.45) is -0.151. The van der Waals surface area contributed by atoms with Crippen LogP contribution in [0.2, 0.25) is 0 Å². The van der Waals surface area contributed by atoms with Crippen LogP contribution in [0.3, 0.4) is 0 Å². The van der Waals surface area contributed by atoms with Crippen molar-refractivity contribution < 1.29 is 17.5 Å². The molecule has 7 heteroatoms. The second-order valence-electron chi connectivity index (χ2n) is 5.37. The lowest BCUT2D eigenvalue weighted by Gasteiger charge is -2.35. The highest BCUT2D eigenvalue weighted by Crippen LogP contribution is 2.28. The minimum absolute atomic E-state index is 0.151. The average molecular weight is 336 g/mol. The van der Waals surface area contributed by atoms with Crippen molar-refractivity contribution in [3.63, 3.8) is 0 Å². The van der Waals surface area contributed by atoms with Gasteiger partial charge in [-0.3, -0.25) is 0 Å². The van der Waals surface area contributed by atoms with Gasteiger partial charge in [0.2, 0.25) is 10.0 Å². The number of halogens is 1. The predicted octanol–water partition coefficient (Wildman–Crippen LogP) is 2.05. The lowest BCUT2D eigenvalue weighted by atomic mass is 10.1. The van der Waals surface area contributed by atoms with Gasteiger partial charge in [-0.25, -0.2) is 17.9 Å². The van der Waals surface area contributed by atoms with Crippen molar-refractivity contribution in [1.82, 2.24) is 0 Å². The number of hydrogen-bond acceptors (Lipinski definition) is 4. The van der Waals surface area contributed by atoms with Gasteiger partial charge in [-0.15, -0.1) is 0 Å². The molecular weight excluding hydrogens is 319 g/mol. The van der Waals surface area contributed by atoms with Crippen molar-refractivity contribution in [2.75, 3.05) is 24.6 Å². The molecule has 0 amide bonds. The molecule has 5 nitrogen and oxygen atoms in total. The van der Waals surface area contributed by atoms with Gasteiger partial charge in [-0.05, 0) is 23.8 Å². The topological polar surface area (TPSA) is 72.6 Å². The number of benzene rings is 2. The van der Waals surface area contributed by atoms with Crippen LogP contribution in [-0.2, 0) is 14.8 Å². The number of sulfonamides is 1. The number of rotatable bonds is 3. The van der Waals surface area contributed by atoms with Crippen LogP contribution in [0.1, 0.15) is 11.7 Å². The van der Waals surface area contributed by atoms with E-state index in [0.29, 0.717) is 25.4 Å². The molecule has 1 saturated heterocycles. The minimum atomic E-state index is -3.91. The first kappa shape index (κ1) is 15.9. The summed E-state index contributed by atoms with van der Waals surface area (Å²) in [5.41, 5.74) is 1.38. The third-order valence-corrected chi connectivity index (χ3v) is 4.74. The lowest BCUT2D eigenvalue weighted by Crippen LogP contribution is -2.38. The van der Waals surface area contributed by atoms with E-state index in [1.807, 2.05) is 35.2 Å². The molecule has 1 aliphatic rings. The van der Waals surface area contributed by atoms with Gasteiger partial charge in [0, 0.05) is 13.1 Å². The van der Waals surface area contributed by atoms with Crippen molar-refractivity contribution in [3.8, 4) is 0 Å². The zero-order valence-corrected chi connectivity index (χ0v) is 13.2. The maximum absolute atomic E-state index is 14.3. The molecule has 2 N–H and O–H groups in total. The summed E-state index contributed by atoms with van der Waals surface area (Å²) in [7, 11) is -3.91. The van der Waals surface area contributed by atoms with Crippen LogP contribution in [0.5, 0.6) is 0 Å². The maximum atomic E-state index is 14.3. The molecule has 0 bridgehead atoms. The summed E-state index contributed by atoms with van der Waals surface area (Å²) in [6, 6.07) is 13.4. The third kappa shape index (κ3) is 3.52. The fourth-order valence-electron chi connectivity index (χ4n) is 2.66. The summed E-state index contributed by atoms with van der Waals surface area (Å²) in [5.74, 6) is -0.606. The molecule has 1 unspecified atom stereocenters. The Morgan fingerprint density at radius 1 is 1.17 bits per heavy atom. The number of morpholine rings is 1. The van der Waals surface area contributed by atoms with Crippen LogP contribution in [-0.4, -0.2) is 28.1 Å². The van der Waals surface area contributed by atoms with Crippen molar-refractivity contribution in [1.29, 1.82) is 0 Å². The fourth-order valence-corrected chi connectivity index (χ4v) is 3.18. The summed E-state index contributed by atoms with van der Waals surface area (Å²) < 4.78 is 42.6. The first-order valence-electron chi connectivity index (χ1n) is 7.19. The molecule has 2 aromatic rings. The Balaban J connectivity index is 1.84. The SMILES string of the molecule is NS(=O)(=O)c1ccc(N2CCOC(c3ccccc3)C2)c(F)c1. The summed E-state index contributed by atoms with van der Waals surface area (Å²) in [6.45, 7) is 1.50. The van der Waals surface area contributed by atoms with Crippen LogP contribution < -0.4 is 10.0 Å².